The summed E-state index contributed by atoms with van der Waals surface area (Å²) in [5, 5.41) is 12.3. The molecule has 2 aromatic rings. The number of benzene rings is 1. The molecule has 1 N–H and O–H groups in total. The van der Waals surface area contributed by atoms with Gasteiger partial charge in [-0.1, -0.05) is 30.4 Å². The van der Waals surface area contributed by atoms with Crippen molar-refractivity contribution in [1.29, 1.82) is 0 Å². The van der Waals surface area contributed by atoms with Crippen LogP contribution in [0.15, 0.2) is 24.3 Å². The zero-order chi connectivity index (χ0) is 17.5. The molecule has 1 saturated heterocycles. The molecule has 0 unspecified atom stereocenters. The highest BCUT2D eigenvalue weighted by Gasteiger charge is 2.22. The second-order valence-corrected chi connectivity index (χ2v) is 6.95. The molecule has 0 aliphatic carbocycles. The first-order chi connectivity index (χ1) is 12.2. The molecular weight excluding hydrogens is 338 g/mol. The standard InChI is InChI=1S/C18H23N3O3S/c1-2-13-7-9-14(10-8-13)23-11-4-6-16(22)19-18-21-20-17(25-18)15-5-3-12-24-15/h7-10,15H,2-6,11-12H2,1H3,(H,19,21,22)/t15-/m0/s1. The van der Waals surface area contributed by atoms with E-state index in [0.717, 1.165) is 36.6 Å². The number of carbonyl (C=O) groups is 1. The van der Waals surface area contributed by atoms with Crippen molar-refractivity contribution < 1.29 is 14.3 Å². The summed E-state index contributed by atoms with van der Waals surface area (Å²) in [6.07, 6.45) is 4.11. The number of hydrogen-bond acceptors (Lipinski definition) is 6. The van der Waals surface area contributed by atoms with Crippen LogP contribution in [0.3, 0.4) is 0 Å². The summed E-state index contributed by atoms with van der Waals surface area (Å²) >= 11 is 1.39. The monoisotopic (exact) mass is 361 g/mol. The summed E-state index contributed by atoms with van der Waals surface area (Å²) in [4.78, 5) is 12.0. The third-order valence-electron chi connectivity index (χ3n) is 4.04. The highest BCUT2D eigenvalue weighted by molar-refractivity contribution is 7.15. The van der Waals surface area contributed by atoms with Crippen molar-refractivity contribution in [3.05, 3.63) is 34.8 Å². The van der Waals surface area contributed by atoms with Crippen LogP contribution in [0.5, 0.6) is 5.75 Å². The van der Waals surface area contributed by atoms with Gasteiger partial charge in [-0.3, -0.25) is 4.79 Å². The SMILES string of the molecule is CCc1ccc(OCCCC(=O)Nc2nnc([C@@H]3CCCO3)s2)cc1. The summed E-state index contributed by atoms with van der Waals surface area (Å²) in [6, 6.07) is 8.05. The van der Waals surface area contributed by atoms with Gasteiger partial charge in [-0.15, -0.1) is 10.2 Å². The lowest BCUT2D eigenvalue weighted by atomic mass is 10.2. The normalized spacial score (nSPS) is 16.8. The van der Waals surface area contributed by atoms with E-state index in [1.165, 1.54) is 16.9 Å². The molecule has 1 fully saturated rings. The molecule has 0 bridgehead atoms. The predicted molar refractivity (Wildman–Crippen MR) is 97.0 cm³/mol. The van der Waals surface area contributed by atoms with Crippen LogP contribution >= 0.6 is 11.3 Å². The van der Waals surface area contributed by atoms with Gasteiger partial charge < -0.3 is 14.8 Å². The first-order valence-electron chi connectivity index (χ1n) is 8.71. The third kappa shape index (κ3) is 5.24. The van der Waals surface area contributed by atoms with Crippen molar-refractivity contribution in [1.82, 2.24) is 10.2 Å². The van der Waals surface area contributed by atoms with Crippen LogP contribution < -0.4 is 10.1 Å². The highest BCUT2D eigenvalue weighted by Crippen LogP contribution is 2.31. The largest absolute Gasteiger partial charge is 0.494 e. The average Bonchev–Trinajstić information content (AvgIpc) is 3.31. The smallest absolute Gasteiger partial charge is 0.226 e. The van der Waals surface area contributed by atoms with Gasteiger partial charge in [0.1, 0.15) is 16.9 Å². The van der Waals surface area contributed by atoms with Crippen molar-refractivity contribution in [3.8, 4) is 5.75 Å². The molecule has 2 heterocycles. The number of aromatic nitrogens is 2. The minimum absolute atomic E-state index is 0.0376. The molecule has 7 heteroatoms. The molecule has 1 aliphatic rings. The Kier molecular flexibility index (Phi) is 6.36. The second kappa shape index (κ2) is 8.92. The number of anilines is 1. The summed E-state index contributed by atoms with van der Waals surface area (Å²) in [5.41, 5.74) is 1.28. The predicted octanol–water partition coefficient (Wildman–Crippen LogP) is 3.75. The molecular formula is C18H23N3O3S. The van der Waals surface area contributed by atoms with Crippen molar-refractivity contribution in [3.63, 3.8) is 0 Å². The van der Waals surface area contributed by atoms with E-state index in [4.69, 9.17) is 9.47 Å². The van der Waals surface area contributed by atoms with Crippen molar-refractivity contribution in [2.45, 2.75) is 45.1 Å². The molecule has 0 radical (unpaired) electrons. The zero-order valence-corrected chi connectivity index (χ0v) is 15.2. The Hall–Kier alpha value is -1.99. The van der Waals surface area contributed by atoms with Crippen LogP contribution in [0.2, 0.25) is 0 Å². The lowest BCUT2D eigenvalue weighted by Crippen LogP contribution is -2.12. The van der Waals surface area contributed by atoms with Crippen LogP contribution in [-0.2, 0) is 16.0 Å². The summed E-state index contributed by atoms with van der Waals surface area (Å²) in [6.45, 7) is 3.40. The first-order valence-corrected chi connectivity index (χ1v) is 9.53. The van der Waals surface area contributed by atoms with Gasteiger partial charge in [0.05, 0.1) is 6.61 Å². The Morgan fingerprint density at radius 2 is 2.20 bits per heavy atom. The van der Waals surface area contributed by atoms with Crippen LogP contribution in [-0.4, -0.2) is 29.3 Å². The minimum atomic E-state index is -0.0695. The molecule has 1 aliphatic heterocycles. The van der Waals surface area contributed by atoms with E-state index in [0.29, 0.717) is 24.6 Å². The van der Waals surface area contributed by atoms with Gasteiger partial charge in [0.2, 0.25) is 11.0 Å². The minimum Gasteiger partial charge on any atom is -0.494 e. The van der Waals surface area contributed by atoms with Gasteiger partial charge in [0.25, 0.3) is 0 Å². The number of hydrogen-bond donors (Lipinski definition) is 1. The van der Waals surface area contributed by atoms with Gasteiger partial charge in [-0.05, 0) is 43.4 Å². The van der Waals surface area contributed by atoms with E-state index in [1.54, 1.807) is 0 Å². The lowest BCUT2D eigenvalue weighted by molar-refractivity contribution is -0.116. The number of nitrogens with zero attached hydrogens (tertiary/aromatic N) is 2. The average molecular weight is 361 g/mol. The number of rotatable bonds is 8. The second-order valence-electron chi connectivity index (χ2n) is 5.94. The van der Waals surface area contributed by atoms with Gasteiger partial charge in [-0.25, -0.2) is 0 Å². The molecule has 0 spiro atoms. The van der Waals surface area contributed by atoms with E-state index >= 15 is 0 Å². The molecule has 134 valence electrons. The fourth-order valence-corrected chi connectivity index (χ4v) is 3.46. The van der Waals surface area contributed by atoms with Gasteiger partial charge in [0, 0.05) is 13.0 Å². The Labute approximate surface area is 151 Å². The van der Waals surface area contributed by atoms with Crippen LogP contribution in [0.4, 0.5) is 5.13 Å². The van der Waals surface area contributed by atoms with E-state index in [1.807, 2.05) is 12.1 Å². The van der Waals surface area contributed by atoms with E-state index in [-0.39, 0.29) is 12.0 Å². The topological polar surface area (TPSA) is 73.3 Å². The van der Waals surface area contributed by atoms with Crippen molar-refractivity contribution in [2.75, 3.05) is 18.5 Å². The molecule has 1 atom stereocenters. The van der Waals surface area contributed by atoms with E-state index < -0.39 is 0 Å². The highest BCUT2D eigenvalue weighted by atomic mass is 32.1. The summed E-state index contributed by atoms with van der Waals surface area (Å²) in [7, 11) is 0. The maximum atomic E-state index is 12.0. The van der Waals surface area contributed by atoms with Crippen LogP contribution in [0.1, 0.15) is 49.3 Å². The lowest BCUT2D eigenvalue weighted by Gasteiger charge is -2.06. The van der Waals surface area contributed by atoms with E-state index in [9.17, 15) is 4.79 Å². The molecule has 1 amide bonds. The molecule has 0 saturated carbocycles. The van der Waals surface area contributed by atoms with Crippen molar-refractivity contribution >= 4 is 22.4 Å². The molecule has 25 heavy (non-hydrogen) atoms. The Bertz CT molecular complexity index is 681. The Balaban J connectivity index is 1.36. The third-order valence-corrected chi connectivity index (χ3v) is 4.97. The number of aryl methyl sites for hydroxylation is 1. The quantitative estimate of drug-likeness (QED) is 0.725. The molecule has 1 aromatic carbocycles. The number of carbonyl (C=O) groups excluding carboxylic acids is 1. The number of amides is 1. The number of ether oxygens (including phenoxy) is 2. The van der Waals surface area contributed by atoms with Crippen molar-refractivity contribution in [2.24, 2.45) is 0 Å². The Morgan fingerprint density at radius 3 is 2.92 bits per heavy atom. The fraction of sp³-hybridized carbons (Fsp3) is 0.500. The summed E-state index contributed by atoms with van der Waals surface area (Å²) < 4.78 is 11.2. The maximum absolute atomic E-state index is 12.0. The van der Waals surface area contributed by atoms with E-state index in [2.05, 4.69) is 34.6 Å². The molecule has 3 rings (SSSR count). The van der Waals surface area contributed by atoms with Crippen LogP contribution in [0.25, 0.3) is 0 Å². The zero-order valence-electron chi connectivity index (χ0n) is 14.4. The van der Waals surface area contributed by atoms with Gasteiger partial charge in [-0.2, -0.15) is 0 Å². The maximum Gasteiger partial charge on any atom is 0.226 e. The molecule has 6 nitrogen and oxygen atoms in total. The Morgan fingerprint density at radius 1 is 1.36 bits per heavy atom. The fourth-order valence-electron chi connectivity index (χ4n) is 2.61. The first kappa shape index (κ1) is 17.8. The number of nitrogens with one attached hydrogen (secondary N) is 1. The van der Waals surface area contributed by atoms with Gasteiger partial charge >= 0.3 is 0 Å². The summed E-state index contributed by atoms with van der Waals surface area (Å²) in [5.74, 6) is 0.767. The van der Waals surface area contributed by atoms with Crippen LogP contribution in [0, 0.1) is 0 Å². The van der Waals surface area contributed by atoms with Gasteiger partial charge in [0.15, 0.2) is 0 Å². The molecule has 1 aromatic heterocycles.